The van der Waals surface area contributed by atoms with Crippen molar-refractivity contribution in [1.82, 2.24) is 15.5 Å². The number of hydrogen-bond donors (Lipinski definition) is 3. The first-order valence-electron chi connectivity index (χ1n) is 9.59. The molecular weight excluding hydrogens is 350 g/mol. The van der Waals surface area contributed by atoms with Gasteiger partial charge in [-0.3, -0.25) is 0 Å². The number of fused-ring (bicyclic) bond motifs is 2. The van der Waals surface area contributed by atoms with Crippen LogP contribution in [-0.4, -0.2) is 35.7 Å². The van der Waals surface area contributed by atoms with Crippen LogP contribution in [0.1, 0.15) is 16.7 Å². The molecule has 144 valence electrons. The molecule has 1 unspecified atom stereocenters. The zero-order valence-electron chi connectivity index (χ0n) is 16.0. The number of carbonyl (C=O) groups is 1. The Morgan fingerprint density at radius 3 is 2.79 bits per heavy atom. The summed E-state index contributed by atoms with van der Waals surface area (Å²) in [4.78, 5) is 14.2. The summed E-state index contributed by atoms with van der Waals surface area (Å²) in [5.41, 5.74) is 3.44. The van der Waals surface area contributed by atoms with Crippen LogP contribution in [0.15, 0.2) is 60.7 Å². The lowest BCUT2D eigenvalue weighted by atomic mass is 9.95. The lowest BCUT2D eigenvalue weighted by molar-refractivity contribution is 0.201. The summed E-state index contributed by atoms with van der Waals surface area (Å²) in [6, 6.07) is 20.1. The topological polar surface area (TPSA) is 64.6 Å². The van der Waals surface area contributed by atoms with Gasteiger partial charge in [0, 0.05) is 32.7 Å². The molecule has 0 aromatic heterocycles. The summed E-state index contributed by atoms with van der Waals surface area (Å²) in [5.74, 6) is 0.296. The molecule has 0 spiro atoms. The molecule has 0 aliphatic carbocycles. The second-order valence-corrected chi connectivity index (χ2v) is 7.46. The average molecular weight is 375 g/mol. The predicted octanol–water partition coefficient (Wildman–Crippen LogP) is 3.40. The summed E-state index contributed by atoms with van der Waals surface area (Å²) in [6.07, 6.45) is 0.845. The van der Waals surface area contributed by atoms with Gasteiger partial charge in [0.2, 0.25) is 0 Å². The maximum absolute atomic E-state index is 12.5. The molecule has 3 N–H and O–H groups in total. The van der Waals surface area contributed by atoms with Crippen molar-refractivity contribution in [1.29, 1.82) is 0 Å². The lowest BCUT2D eigenvalue weighted by Gasteiger charge is -2.30. The van der Waals surface area contributed by atoms with Crippen molar-refractivity contribution in [2.45, 2.75) is 25.6 Å². The van der Waals surface area contributed by atoms with Gasteiger partial charge in [-0.2, -0.15) is 0 Å². The van der Waals surface area contributed by atoms with E-state index in [9.17, 15) is 9.90 Å². The quantitative estimate of drug-likeness (QED) is 0.655. The number of nitrogens with one attached hydrogen (secondary N) is 2. The molecule has 1 heterocycles. The van der Waals surface area contributed by atoms with Crippen LogP contribution >= 0.6 is 0 Å². The van der Waals surface area contributed by atoms with E-state index in [1.165, 1.54) is 16.3 Å². The second-order valence-electron chi connectivity index (χ2n) is 7.46. The molecule has 5 heteroatoms. The van der Waals surface area contributed by atoms with Crippen molar-refractivity contribution in [2.24, 2.45) is 0 Å². The fourth-order valence-corrected chi connectivity index (χ4v) is 3.77. The van der Waals surface area contributed by atoms with E-state index < -0.39 is 0 Å². The number of aromatic hydroxyl groups is 1. The van der Waals surface area contributed by atoms with Gasteiger partial charge < -0.3 is 20.6 Å². The Bertz CT molecular complexity index is 1000. The van der Waals surface area contributed by atoms with Gasteiger partial charge in [-0.1, -0.05) is 42.5 Å². The Morgan fingerprint density at radius 1 is 1.11 bits per heavy atom. The first-order chi connectivity index (χ1) is 13.6. The molecule has 0 bridgehead atoms. The fourth-order valence-electron chi connectivity index (χ4n) is 3.77. The van der Waals surface area contributed by atoms with Gasteiger partial charge in [0.15, 0.2) is 0 Å². The smallest absolute Gasteiger partial charge is 0.317 e. The Balaban J connectivity index is 1.31. The molecular formula is C23H25N3O2. The third kappa shape index (κ3) is 4.10. The van der Waals surface area contributed by atoms with Gasteiger partial charge in [-0.15, -0.1) is 0 Å². The molecule has 1 atom stereocenters. The number of benzene rings is 3. The highest BCUT2D eigenvalue weighted by Gasteiger charge is 2.21. The lowest BCUT2D eigenvalue weighted by Crippen LogP contribution is -2.47. The highest BCUT2D eigenvalue weighted by atomic mass is 16.3. The van der Waals surface area contributed by atoms with E-state index in [4.69, 9.17) is 0 Å². The summed E-state index contributed by atoms with van der Waals surface area (Å²) in [7, 11) is 1.82. The van der Waals surface area contributed by atoms with E-state index in [-0.39, 0.29) is 12.1 Å². The fraction of sp³-hybridized carbons (Fsp3) is 0.261. The number of carbonyl (C=O) groups excluding carboxylic acids is 1. The third-order valence-corrected chi connectivity index (χ3v) is 5.34. The monoisotopic (exact) mass is 375 g/mol. The van der Waals surface area contributed by atoms with Gasteiger partial charge in [-0.05, 0) is 52.1 Å². The number of phenols is 1. The zero-order valence-corrected chi connectivity index (χ0v) is 16.0. The molecule has 28 heavy (non-hydrogen) atoms. The van der Waals surface area contributed by atoms with Crippen LogP contribution in [0, 0.1) is 0 Å². The maximum Gasteiger partial charge on any atom is 0.317 e. The number of phenolic OH excluding ortho intramolecular Hbond substituents is 1. The number of likely N-dealkylation sites (N-methyl/N-ethyl adjacent to an activating group) is 1. The minimum atomic E-state index is -0.0774. The van der Waals surface area contributed by atoms with E-state index in [1.54, 1.807) is 17.0 Å². The van der Waals surface area contributed by atoms with E-state index in [2.05, 4.69) is 41.0 Å². The third-order valence-electron chi connectivity index (χ3n) is 5.34. The van der Waals surface area contributed by atoms with Gasteiger partial charge >= 0.3 is 6.03 Å². The van der Waals surface area contributed by atoms with Crippen molar-refractivity contribution in [3.8, 4) is 5.75 Å². The van der Waals surface area contributed by atoms with E-state index in [0.717, 1.165) is 17.5 Å². The Morgan fingerprint density at radius 2 is 1.93 bits per heavy atom. The molecule has 3 aromatic carbocycles. The zero-order chi connectivity index (χ0) is 19.5. The number of hydrogen-bond acceptors (Lipinski definition) is 3. The summed E-state index contributed by atoms with van der Waals surface area (Å²) >= 11 is 0. The van der Waals surface area contributed by atoms with Gasteiger partial charge in [-0.25, -0.2) is 4.79 Å². The Kier molecular flexibility index (Phi) is 5.17. The summed E-state index contributed by atoms with van der Waals surface area (Å²) in [5, 5.41) is 18.4. The molecule has 1 aliphatic heterocycles. The van der Waals surface area contributed by atoms with E-state index >= 15 is 0 Å². The van der Waals surface area contributed by atoms with Gasteiger partial charge in [0.05, 0.1) is 0 Å². The SMILES string of the molecule is CN(CC1Cc2ccc(O)cc2CN1)C(=O)NCc1ccc2ccccc2c1. The van der Waals surface area contributed by atoms with Crippen LogP contribution < -0.4 is 10.6 Å². The van der Waals surface area contributed by atoms with Gasteiger partial charge in [0.1, 0.15) is 5.75 Å². The van der Waals surface area contributed by atoms with Crippen molar-refractivity contribution >= 4 is 16.8 Å². The van der Waals surface area contributed by atoms with Gasteiger partial charge in [0.25, 0.3) is 0 Å². The minimum Gasteiger partial charge on any atom is -0.508 e. The van der Waals surface area contributed by atoms with E-state index in [0.29, 0.717) is 25.4 Å². The highest BCUT2D eigenvalue weighted by Crippen LogP contribution is 2.21. The Labute approximate surface area is 165 Å². The van der Waals surface area contributed by atoms with E-state index in [1.807, 2.05) is 25.2 Å². The molecule has 4 rings (SSSR count). The summed E-state index contributed by atoms with van der Waals surface area (Å²) < 4.78 is 0. The standard InChI is InChI=1S/C23H25N3O2/c1-26(15-21-11-19-8-9-22(27)12-20(19)14-24-21)23(28)25-13-16-6-7-17-4-2-3-5-18(17)10-16/h2-10,12,21,24,27H,11,13-15H2,1H3,(H,25,28). The molecule has 2 amide bonds. The molecule has 1 aliphatic rings. The molecule has 3 aromatic rings. The van der Waals surface area contributed by atoms with Crippen molar-refractivity contribution in [3.63, 3.8) is 0 Å². The van der Waals surface area contributed by atoms with Crippen LogP contribution in [0.5, 0.6) is 5.75 Å². The van der Waals surface area contributed by atoms with Crippen molar-refractivity contribution in [2.75, 3.05) is 13.6 Å². The first kappa shape index (κ1) is 18.3. The van der Waals surface area contributed by atoms with Crippen LogP contribution in [0.3, 0.4) is 0 Å². The number of rotatable bonds is 4. The number of amides is 2. The predicted molar refractivity (Wildman–Crippen MR) is 111 cm³/mol. The van der Waals surface area contributed by atoms with Crippen molar-refractivity contribution < 1.29 is 9.90 Å². The number of nitrogens with zero attached hydrogens (tertiary/aromatic N) is 1. The molecule has 0 radical (unpaired) electrons. The highest BCUT2D eigenvalue weighted by molar-refractivity contribution is 5.83. The van der Waals surface area contributed by atoms with Crippen LogP contribution in [0.2, 0.25) is 0 Å². The number of urea groups is 1. The largest absolute Gasteiger partial charge is 0.508 e. The first-order valence-corrected chi connectivity index (χ1v) is 9.59. The van der Waals surface area contributed by atoms with Crippen LogP contribution in [0.4, 0.5) is 4.79 Å². The molecule has 0 saturated carbocycles. The maximum atomic E-state index is 12.5. The molecule has 5 nitrogen and oxygen atoms in total. The average Bonchev–Trinajstić information content (AvgIpc) is 2.72. The molecule has 0 fully saturated rings. The van der Waals surface area contributed by atoms with Crippen LogP contribution in [0.25, 0.3) is 10.8 Å². The van der Waals surface area contributed by atoms with Crippen molar-refractivity contribution in [3.05, 3.63) is 77.4 Å². The second kappa shape index (κ2) is 7.90. The Hall–Kier alpha value is -3.05. The minimum absolute atomic E-state index is 0.0774. The summed E-state index contributed by atoms with van der Waals surface area (Å²) in [6.45, 7) is 1.85. The van der Waals surface area contributed by atoms with Crippen LogP contribution in [-0.2, 0) is 19.5 Å². The molecule has 0 saturated heterocycles. The normalized spacial score (nSPS) is 15.8.